The molecule has 0 aliphatic heterocycles. The van der Waals surface area contributed by atoms with Gasteiger partial charge in [0.1, 0.15) is 5.75 Å². The van der Waals surface area contributed by atoms with Gasteiger partial charge in [-0.05, 0) is 42.8 Å². The SMILES string of the molecule is C=CCn1c(=NC(=O)Cc2ccc(S(C)(=O)=O)cc2)sc2cc(OCC)ccc21. The highest BCUT2D eigenvalue weighted by Gasteiger charge is 2.10. The molecule has 3 aromatic rings. The van der Waals surface area contributed by atoms with E-state index in [4.69, 9.17) is 4.74 Å². The van der Waals surface area contributed by atoms with Crippen LogP contribution in [0.4, 0.5) is 0 Å². The molecule has 1 heterocycles. The number of thiazole rings is 1. The van der Waals surface area contributed by atoms with Crippen molar-refractivity contribution >= 4 is 37.3 Å². The topological polar surface area (TPSA) is 77.7 Å². The van der Waals surface area contributed by atoms with Crippen LogP contribution in [0, 0.1) is 0 Å². The average molecular weight is 431 g/mol. The van der Waals surface area contributed by atoms with E-state index in [-0.39, 0.29) is 17.2 Å². The summed E-state index contributed by atoms with van der Waals surface area (Å²) in [7, 11) is -3.26. The molecule has 152 valence electrons. The first-order chi connectivity index (χ1) is 13.8. The second-order valence-electron chi connectivity index (χ2n) is 6.44. The summed E-state index contributed by atoms with van der Waals surface area (Å²) < 4.78 is 31.6. The number of ether oxygens (including phenoxy) is 1. The monoisotopic (exact) mass is 430 g/mol. The van der Waals surface area contributed by atoms with Crippen LogP contribution >= 0.6 is 11.3 Å². The molecule has 0 aliphatic carbocycles. The quantitative estimate of drug-likeness (QED) is 0.539. The second kappa shape index (κ2) is 8.75. The van der Waals surface area contributed by atoms with E-state index in [1.165, 1.54) is 23.5 Å². The Kier molecular flexibility index (Phi) is 6.34. The van der Waals surface area contributed by atoms with Gasteiger partial charge < -0.3 is 9.30 Å². The summed E-state index contributed by atoms with van der Waals surface area (Å²) >= 11 is 1.42. The normalized spacial score (nSPS) is 12.3. The highest BCUT2D eigenvalue weighted by molar-refractivity contribution is 7.90. The van der Waals surface area contributed by atoms with Crippen molar-refractivity contribution in [1.82, 2.24) is 4.57 Å². The van der Waals surface area contributed by atoms with Crippen molar-refractivity contribution in [2.24, 2.45) is 4.99 Å². The Labute approximate surface area is 173 Å². The summed E-state index contributed by atoms with van der Waals surface area (Å²) in [4.78, 5) is 17.6. The minimum Gasteiger partial charge on any atom is -0.494 e. The van der Waals surface area contributed by atoms with Gasteiger partial charge in [-0.3, -0.25) is 4.79 Å². The second-order valence-corrected chi connectivity index (χ2v) is 9.47. The third-order valence-corrected chi connectivity index (χ3v) is 6.37. The molecule has 3 rings (SSSR count). The molecule has 1 amide bonds. The van der Waals surface area contributed by atoms with E-state index in [0.717, 1.165) is 22.2 Å². The van der Waals surface area contributed by atoms with Crippen LogP contribution < -0.4 is 9.54 Å². The smallest absolute Gasteiger partial charge is 0.252 e. The van der Waals surface area contributed by atoms with Crippen LogP contribution in [0.5, 0.6) is 5.75 Å². The third-order valence-electron chi connectivity index (χ3n) is 4.20. The first-order valence-electron chi connectivity index (χ1n) is 9.05. The number of benzene rings is 2. The minimum absolute atomic E-state index is 0.0938. The fourth-order valence-electron chi connectivity index (χ4n) is 2.88. The van der Waals surface area contributed by atoms with Crippen molar-refractivity contribution in [3.63, 3.8) is 0 Å². The van der Waals surface area contributed by atoms with Crippen LogP contribution in [0.15, 0.2) is 65.0 Å². The van der Waals surface area contributed by atoms with Crippen molar-refractivity contribution in [3.05, 3.63) is 65.5 Å². The van der Waals surface area contributed by atoms with Crippen LogP contribution in [0.2, 0.25) is 0 Å². The fourth-order valence-corrected chi connectivity index (χ4v) is 4.59. The zero-order valence-corrected chi connectivity index (χ0v) is 17.9. The molecule has 8 heteroatoms. The highest BCUT2D eigenvalue weighted by Crippen LogP contribution is 2.23. The predicted octanol–water partition coefficient (Wildman–Crippen LogP) is 3.36. The molecule has 0 unspecified atom stereocenters. The Balaban J connectivity index is 1.92. The lowest BCUT2D eigenvalue weighted by molar-refractivity contribution is -0.117. The number of hydrogen-bond donors (Lipinski definition) is 0. The van der Waals surface area contributed by atoms with Gasteiger partial charge in [0.25, 0.3) is 5.91 Å². The molecular formula is C21H22N2O4S2. The van der Waals surface area contributed by atoms with E-state index in [1.54, 1.807) is 18.2 Å². The average Bonchev–Trinajstić information content (AvgIpc) is 2.98. The van der Waals surface area contributed by atoms with Gasteiger partial charge >= 0.3 is 0 Å². The fraction of sp³-hybridized carbons (Fsp3) is 0.238. The molecule has 0 fully saturated rings. The number of amides is 1. The summed E-state index contributed by atoms with van der Waals surface area (Å²) in [5, 5.41) is 0. The van der Waals surface area contributed by atoms with Crippen LogP contribution in [0.25, 0.3) is 10.2 Å². The zero-order valence-electron chi connectivity index (χ0n) is 16.3. The summed E-state index contributed by atoms with van der Waals surface area (Å²) in [5.41, 5.74) is 1.67. The highest BCUT2D eigenvalue weighted by atomic mass is 32.2. The number of nitrogens with zero attached hydrogens (tertiary/aromatic N) is 2. The van der Waals surface area contributed by atoms with Gasteiger partial charge in [-0.15, -0.1) is 6.58 Å². The maximum absolute atomic E-state index is 12.5. The number of fused-ring (bicyclic) bond motifs is 1. The lowest BCUT2D eigenvalue weighted by Gasteiger charge is -2.04. The molecule has 0 atom stereocenters. The van der Waals surface area contributed by atoms with E-state index in [2.05, 4.69) is 11.6 Å². The van der Waals surface area contributed by atoms with E-state index in [0.29, 0.717) is 23.5 Å². The van der Waals surface area contributed by atoms with E-state index < -0.39 is 9.84 Å². The van der Waals surface area contributed by atoms with Crippen molar-refractivity contribution < 1.29 is 17.9 Å². The number of carbonyl (C=O) groups excluding carboxylic acids is 1. The number of carbonyl (C=O) groups is 1. The zero-order chi connectivity index (χ0) is 21.0. The van der Waals surface area contributed by atoms with Crippen molar-refractivity contribution in [2.45, 2.75) is 24.8 Å². The molecule has 0 spiro atoms. The van der Waals surface area contributed by atoms with Gasteiger partial charge in [0, 0.05) is 12.8 Å². The molecular weight excluding hydrogens is 408 g/mol. The third kappa shape index (κ3) is 5.02. The summed E-state index contributed by atoms with van der Waals surface area (Å²) in [6.07, 6.45) is 3.01. The standard InChI is InChI=1S/C21H22N2O4S2/c1-4-12-23-18-11-8-16(27-5-2)14-19(18)28-21(23)22-20(24)13-15-6-9-17(10-7-15)29(3,25)26/h4,6-11,14H,1,5,12-13H2,2-3H3. The van der Waals surface area contributed by atoms with Crippen LogP contribution in [-0.4, -0.2) is 31.8 Å². The van der Waals surface area contributed by atoms with Gasteiger partial charge in [0.15, 0.2) is 14.6 Å². The van der Waals surface area contributed by atoms with Crippen LogP contribution in [0.1, 0.15) is 12.5 Å². The molecule has 6 nitrogen and oxygen atoms in total. The Morgan fingerprint density at radius 2 is 1.97 bits per heavy atom. The molecule has 29 heavy (non-hydrogen) atoms. The minimum atomic E-state index is -3.26. The van der Waals surface area contributed by atoms with Gasteiger partial charge in [0.2, 0.25) is 0 Å². The summed E-state index contributed by atoms with van der Waals surface area (Å²) in [5.74, 6) is 0.474. The number of aromatic nitrogens is 1. The lowest BCUT2D eigenvalue weighted by atomic mass is 10.1. The number of sulfone groups is 1. The molecule has 1 aromatic heterocycles. The van der Waals surface area contributed by atoms with E-state index in [1.807, 2.05) is 29.7 Å². The molecule has 0 bridgehead atoms. The van der Waals surface area contributed by atoms with Crippen LogP contribution in [0.3, 0.4) is 0 Å². The molecule has 0 radical (unpaired) electrons. The van der Waals surface area contributed by atoms with E-state index in [9.17, 15) is 13.2 Å². The predicted molar refractivity (Wildman–Crippen MR) is 115 cm³/mol. The Bertz CT molecular complexity index is 1220. The maximum atomic E-state index is 12.5. The maximum Gasteiger partial charge on any atom is 0.252 e. The number of allylic oxidation sites excluding steroid dienone is 1. The number of hydrogen-bond acceptors (Lipinski definition) is 5. The van der Waals surface area contributed by atoms with Gasteiger partial charge in [-0.1, -0.05) is 29.5 Å². The first kappa shape index (κ1) is 21.0. The van der Waals surface area contributed by atoms with E-state index >= 15 is 0 Å². The number of rotatable bonds is 7. The van der Waals surface area contributed by atoms with Crippen molar-refractivity contribution in [3.8, 4) is 5.75 Å². The Morgan fingerprint density at radius 1 is 1.24 bits per heavy atom. The Morgan fingerprint density at radius 3 is 2.59 bits per heavy atom. The van der Waals surface area contributed by atoms with Crippen LogP contribution in [-0.2, 0) is 27.6 Å². The first-order valence-corrected chi connectivity index (χ1v) is 11.8. The molecule has 2 aromatic carbocycles. The van der Waals surface area contributed by atoms with Crippen molar-refractivity contribution in [1.29, 1.82) is 0 Å². The molecule has 0 saturated heterocycles. The lowest BCUT2D eigenvalue weighted by Crippen LogP contribution is -2.16. The Hall–Kier alpha value is -2.71. The summed E-state index contributed by atoms with van der Waals surface area (Å²) in [6, 6.07) is 12.1. The van der Waals surface area contributed by atoms with Gasteiger partial charge in [0.05, 0.1) is 28.1 Å². The molecule has 0 N–H and O–H groups in total. The summed E-state index contributed by atoms with van der Waals surface area (Å²) in [6.45, 7) is 6.83. The van der Waals surface area contributed by atoms with Crippen molar-refractivity contribution in [2.75, 3.05) is 12.9 Å². The largest absolute Gasteiger partial charge is 0.494 e. The molecule has 0 saturated carbocycles. The van der Waals surface area contributed by atoms with Gasteiger partial charge in [-0.25, -0.2) is 8.42 Å². The van der Waals surface area contributed by atoms with Gasteiger partial charge in [-0.2, -0.15) is 4.99 Å². The molecule has 0 aliphatic rings.